The van der Waals surface area contributed by atoms with E-state index in [1.807, 2.05) is 31.5 Å². The summed E-state index contributed by atoms with van der Waals surface area (Å²) in [7, 11) is 0. The topological polar surface area (TPSA) is 50.9 Å². The van der Waals surface area contributed by atoms with Crippen LogP contribution in [0, 0.1) is 13.8 Å². The molecule has 0 aliphatic heterocycles. The molecule has 2 aromatic rings. The van der Waals surface area contributed by atoms with Crippen LogP contribution in [0.5, 0.6) is 0 Å². The van der Waals surface area contributed by atoms with E-state index in [0.29, 0.717) is 5.82 Å². The first kappa shape index (κ1) is 11.3. The van der Waals surface area contributed by atoms with Crippen LogP contribution in [-0.2, 0) is 6.54 Å². The first-order chi connectivity index (χ1) is 7.63. The molecule has 0 saturated heterocycles. The maximum atomic E-state index is 10.3. The summed E-state index contributed by atoms with van der Waals surface area (Å²) in [5, 5.41) is 11.2. The zero-order chi connectivity index (χ0) is 11.7. The Hall–Kier alpha value is -1.20. The molecule has 5 heteroatoms. The summed E-state index contributed by atoms with van der Waals surface area (Å²) in [5.74, 6) is 0.689. The largest absolute Gasteiger partial charge is 0.379 e. The van der Waals surface area contributed by atoms with E-state index in [9.17, 15) is 5.11 Å². The molecule has 0 radical (unpaired) electrons. The van der Waals surface area contributed by atoms with Crippen LogP contribution < -0.4 is 0 Å². The molecule has 0 spiro atoms. The highest BCUT2D eigenvalue weighted by molar-refractivity contribution is 7.11. The molecule has 1 atom stereocenters. The second-order valence-electron chi connectivity index (χ2n) is 3.66. The summed E-state index contributed by atoms with van der Waals surface area (Å²) < 4.78 is 1.94. The van der Waals surface area contributed by atoms with Gasteiger partial charge < -0.3 is 9.67 Å². The van der Waals surface area contributed by atoms with Gasteiger partial charge in [0.05, 0.1) is 15.6 Å². The van der Waals surface area contributed by atoms with Crippen molar-refractivity contribution in [2.24, 2.45) is 0 Å². The van der Waals surface area contributed by atoms with Gasteiger partial charge in [0.1, 0.15) is 11.9 Å². The number of aryl methyl sites for hydroxylation is 3. The number of imidazole rings is 1. The zero-order valence-corrected chi connectivity index (χ0v) is 10.5. The van der Waals surface area contributed by atoms with Gasteiger partial charge in [-0.3, -0.25) is 0 Å². The van der Waals surface area contributed by atoms with E-state index in [4.69, 9.17) is 0 Å². The molecule has 2 heterocycles. The Morgan fingerprint density at radius 3 is 2.81 bits per heavy atom. The fourth-order valence-electron chi connectivity index (χ4n) is 1.75. The Bertz CT molecular complexity index is 489. The van der Waals surface area contributed by atoms with E-state index in [1.165, 1.54) is 11.3 Å². The second-order valence-corrected chi connectivity index (χ2v) is 4.89. The highest BCUT2D eigenvalue weighted by Gasteiger charge is 2.20. The molecule has 1 N–H and O–H groups in total. The number of aromatic nitrogens is 3. The maximum Gasteiger partial charge on any atom is 0.148 e. The van der Waals surface area contributed by atoms with Gasteiger partial charge in [0, 0.05) is 18.9 Å². The van der Waals surface area contributed by atoms with Crippen molar-refractivity contribution >= 4 is 11.3 Å². The summed E-state index contributed by atoms with van der Waals surface area (Å²) in [6.45, 7) is 6.70. The maximum absolute atomic E-state index is 10.3. The van der Waals surface area contributed by atoms with Crippen molar-refractivity contribution < 1.29 is 5.11 Å². The van der Waals surface area contributed by atoms with E-state index in [2.05, 4.69) is 9.97 Å². The summed E-state index contributed by atoms with van der Waals surface area (Å²) >= 11 is 1.53. The molecular formula is C11H15N3OS. The fraction of sp³-hybridized carbons (Fsp3) is 0.455. The molecule has 0 bridgehead atoms. The monoisotopic (exact) mass is 237 g/mol. The van der Waals surface area contributed by atoms with Crippen molar-refractivity contribution in [2.75, 3.05) is 0 Å². The first-order valence-corrected chi connectivity index (χ1v) is 6.08. The van der Waals surface area contributed by atoms with Crippen LogP contribution in [0.3, 0.4) is 0 Å². The molecule has 2 rings (SSSR count). The molecule has 1 unspecified atom stereocenters. The smallest absolute Gasteiger partial charge is 0.148 e. The predicted molar refractivity (Wildman–Crippen MR) is 63.6 cm³/mol. The number of aliphatic hydroxyl groups is 1. The molecule has 86 valence electrons. The van der Waals surface area contributed by atoms with Crippen LogP contribution in [0.1, 0.15) is 34.4 Å². The van der Waals surface area contributed by atoms with Gasteiger partial charge in [-0.25, -0.2) is 9.97 Å². The summed E-state index contributed by atoms with van der Waals surface area (Å²) in [6, 6.07) is 0. The van der Waals surface area contributed by atoms with Crippen LogP contribution in [0.4, 0.5) is 0 Å². The van der Waals surface area contributed by atoms with Gasteiger partial charge in [-0.05, 0) is 20.8 Å². The quantitative estimate of drug-likeness (QED) is 0.889. The van der Waals surface area contributed by atoms with Crippen molar-refractivity contribution in [3.05, 3.63) is 33.8 Å². The number of hydrogen-bond acceptors (Lipinski definition) is 4. The lowest BCUT2D eigenvalue weighted by Crippen LogP contribution is -2.08. The van der Waals surface area contributed by atoms with Gasteiger partial charge in [0.15, 0.2) is 0 Å². The van der Waals surface area contributed by atoms with E-state index < -0.39 is 6.10 Å². The molecule has 0 aromatic carbocycles. The van der Waals surface area contributed by atoms with Crippen LogP contribution in [0.15, 0.2) is 12.4 Å². The minimum atomic E-state index is -0.666. The lowest BCUT2D eigenvalue weighted by molar-refractivity contribution is 0.207. The highest BCUT2D eigenvalue weighted by atomic mass is 32.1. The molecule has 0 fully saturated rings. The Labute approximate surface area is 98.6 Å². The minimum Gasteiger partial charge on any atom is -0.379 e. The minimum absolute atomic E-state index is 0.666. The lowest BCUT2D eigenvalue weighted by atomic mass is 10.2. The van der Waals surface area contributed by atoms with Gasteiger partial charge >= 0.3 is 0 Å². The number of thiazole rings is 1. The Balaban J connectivity index is 2.38. The van der Waals surface area contributed by atoms with Crippen LogP contribution in [0.2, 0.25) is 0 Å². The standard InChI is InChI=1S/C11H15N3OS/c1-4-14-6-5-12-11(14)9(15)10-7(2)13-8(3)16-10/h5-6,9,15H,4H2,1-3H3. The Morgan fingerprint density at radius 2 is 2.25 bits per heavy atom. The van der Waals surface area contributed by atoms with Crippen molar-refractivity contribution in [1.82, 2.24) is 14.5 Å². The lowest BCUT2D eigenvalue weighted by Gasteiger charge is -2.10. The summed E-state index contributed by atoms with van der Waals surface area (Å²) in [4.78, 5) is 9.41. The number of hydrogen-bond donors (Lipinski definition) is 1. The van der Waals surface area contributed by atoms with E-state index in [0.717, 1.165) is 22.1 Å². The number of nitrogens with zero attached hydrogens (tertiary/aromatic N) is 3. The SMILES string of the molecule is CCn1ccnc1C(O)c1sc(C)nc1C. The Morgan fingerprint density at radius 1 is 1.50 bits per heavy atom. The molecule has 0 amide bonds. The van der Waals surface area contributed by atoms with Gasteiger partial charge in [0.2, 0.25) is 0 Å². The molecule has 4 nitrogen and oxygen atoms in total. The van der Waals surface area contributed by atoms with Gasteiger partial charge in [-0.15, -0.1) is 11.3 Å². The zero-order valence-electron chi connectivity index (χ0n) is 9.64. The summed E-state index contributed by atoms with van der Waals surface area (Å²) in [5.41, 5.74) is 0.889. The molecule has 2 aromatic heterocycles. The average molecular weight is 237 g/mol. The molecule has 0 aliphatic rings. The van der Waals surface area contributed by atoms with Crippen molar-refractivity contribution in [3.63, 3.8) is 0 Å². The van der Waals surface area contributed by atoms with E-state index in [1.54, 1.807) is 6.20 Å². The highest BCUT2D eigenvalue weighted by Crippen LogP contribution is 2.28. The van der Waals surface area contributed by atoms with Gasteiger partial charge in [-0.2, -0.15) is 0 Å². The molecule has 16 heavy (non-hydrogen) atoms. The third-order valence-electron chi connectivity index (χ3n) is 2.52. The van der Waals surface area contributed by atoms with Crippen LogP contribution in [-0.4, -0.2) is 19.6 Å². The van der Waals surface area contributed by atoms with Crippen molar-refractivity contribution in [3.8, 4) is 0 Å². The van der Waals surface area contributed by atoms with Gasteiger partial charge in [0.25, 0.3) is 0 Å². The third-order valence-corrected chi connectivity index (χ3v) is 3.65. The first-order valence-electron chi connectivity index (χ1n) is 5.26. The predicted octanol–water partition coefficient (Wildman–Crippen LogP) is 2.06. The molecular weight excluding hydrogens is 222 g/mol. The molecule has 0 saturated carbocycles. The number of rotatable bonds is 3. The van der Waals surface area contributed by atoms with Crippen molar-refractivity contribution in [1.29, 1.82) is 0 Å². The van der Waals surface area contributed by atoms with Crippen LogP contribution >= 0.6 is 11.3 Å². The Kier molecular flexibility index (Phi) is 3.07. The second kappa shape index (κ2) is 4.35. The van der Waals surface area contributed by atoms with Crippen LogP contribution in [0.25, 0.3) is 0 Å². The normalized spacial score (nSPS) is 13.0. The van der Waals surface area contributed by atoms with E-state index in [-0.39, 0.29) is 0 Å². The third kappa shape index (κ3) is 1.88. The average Bonchev–Trinajstić information content (AvgIpc) is 2.83. The number of aliphatic hydroxyl groups excluding tert-OH is 1. The molecule has 0 aliphatic carbocycles. The fourth-order valence-corrected chi connectivity index (χ4v) is 2.67. The van der Waals surface area contributed by atoms with Crippen molar-refractivity contribution in [2.45, 2.75) is 33.4 Å². The van der Waals surface area contributed by atoms with E-state index >= 15 is 0 Å². The van der Waals surface area contributed by atoms with Gasteiger partial charge in [-0.1, -0.05) is 0 Å². The summed E-state index contributed by atoms with van der Waals surface area (Å²) in [6.07, 6.45) is 2.92.